The lowest BCUT2D eigenvalue weighted by Gasteiger charge is -2.09. The summed E-state index contributed by atoms with van der Waals surface area (Å²) < 4.78 is 15.8. The molecule has 1 rings (SSSR count). The van der Waals surface area contributed by atoms with Gasteiger partial charge in [0.2, 0.25) is 0 Å². The molecule has 0 aromatic carbocycles. The van der Waals surface area contributed by atoms with Gasteiger partial charge in [0, 0.05) is 38.6 Å². The molecule has 1 aromatic rings. The van der Waals surface area contributed by atoms with Crippen molar-refractivity contribution in [2.45, 2.75) is 13.0 Å². The van der Waals surface area contributed by atoms with Gasteiger partial charge in [-0.25, -0.2) is 0 Å². The Morgan fingerprint density at radius 1 is 1.24 bits per heavy atom. The predicted molar refractivity (Wildman–Crippen MR) is 64.9 cm³/mol. The van der Waals surface area contributed by atoms with Gasteiger partial charge in [0.1, 0.15) is 12.4 Å². The summed E-state index contributed by atoms with van der Waals surface area (Å²) in [5.41, 5.74) is 6.54. The van der Waals surface area contributed by atoms with E-state index in [0.717, 1.165) is 24.3 Å². The molecule has 0 saturated heterocycles. The molecule has 0 bridgehead atoms. The third-order valence-electron chi connectivity index (χ3n) is 2.21. The monoisotopic (exact) mass is 240 g/mol. The van der Waals surface area contributed by atoms with E-state index >= 15 is 0 Å². The Hall–Kier alpha value is -1.17. The van der Waals surface area contributed by atoms with Gasteiger partial charge in [-0.05, 0) is 12.5 Å². The number of pyridine rings is 1. The van der Waals surface area contributed by atoms with Crippen LogP contribution in [0.25, 0.3) is 0 Å². The highest BCUT2D eigenvalue weighted by atomic mass is 16.5. The molecule has 0 unspecified atom stereocenters. The summed E-state index contributed by atoms with van der Waals surface area (Å²) >= 11 is 0. The first-order valence-electron chi connectivity index (χ1n) is 5.71. The summed E-state index contributed by atoms with van der Waals surface area (Å²) in [7, 11) is 1.68. The molecule has 0 aliphatic heterocycles. The van der Waals surface area contributed by atoms with E-state index in [1.165, 1.54) is 0 Å². The zero-order valence-corrected chi connectivity index (χ0v) is 10.2. The smallest absolute Gasteiger partial charge is 0.142 e. The fraction of sp³-hybridized carbons (Fsp3) is 0.583. The largest absolute Gasteiger partial charge is 0.489 e. The van der Waals surface area contributed by atoms with Crippen molar-refractivity contribution in [3.63, 3.8) is 0 Å². The van der Waals surface area contributed by atoms with E-state index in [-0.39, 0.29) is 0 Å². The van der Waals surface area contributed by atoms with Crippen LogP contribution in [-0.2, 0) is 16.0 Å². The van der Waals surface area contributed by atoms with Crippen molar-refractivity contribution in [1.82, 2.24) is 4.98 Å². The van der Waals surface area contributed by atoms with Crippen LogP contribution in [0, 0.1) is 0 Å². The van der Waals surface area contributed by atoms with Crippen LogP contribution in [0.2, 0.25) is 0 Å². The van der Waals surface area contributed by atoms with E-state index in [4.69, 9.17) is 19.9 Å². The average Bonchev–Trinajstić information content (AvgIpc) is 2.38. The molecule has 0 amide bonds. The van der Waals surface area contributed by atoms with E-state index in [1.807, 2.05) is 6.07 Å². The standard InChI is InChI=1S/C12H20N2O3/c1-15-5-2-6-16-7-8-17-12-10-14-4-3-11(12)9-13/h3-4,10H,2,5-9,13H2,1H3. The Morgan fingerprint density at radius 2 is 2.12 bits per heavy atom. The summed E-state index contributed by atoms with van der Waals surface area (Å²) in [5, 5.41) is 0. The van der Waals surface area contributed by atoms with E-state index in [0.29, 0.717) is 26.4 Å². The van der Waals surface area contributed by atoms with Gasteiger partial charge >= 0.3 is 0 Å². The van der Waals surface area contributed by atoms with Crippen molar-refractivity contribution in [2.75, 3.05) is 33.5 Å². The first-order chi connectivity index (χ1) is 8.38. The predicted octanol–water partition coefficient (Wildman–Crippen LogP) is 0.972. The number of ether oxygens (including phenoxy) is 3. The van der Waals surface area contributed by atoms with Crippen LogP contribution in [-0.4, -0.2) is 38.5 Å². The maximum Gasteiger partial charge on any atom is 0.142 e. The highest BCUT2D eigenvalue weighted by Crippen LogP contribution is 2.14. The van der Waals surface area contributed by atoms with Crippen molar-refractivity contribution < 1.29 is 14.2 Å². The molecule has 5 heteroatoms. The second kappa shape index (κ2) is 8.92. The van der Waals surface area contributed by atoms with Crippen molar-refractivity contribution in [1.29, 1.82) is 0 Å². The molecule has 2 N–H and O–H groups in total. The summed E-state index contributed by atoms with van der Waals surface area (Å²) in [5.74, 6) is 0.732. The number of methoxy groups -OCH3 is 1. The molecular weight excluding hydrogens is 220 g/mol. The van der Waals surface area contributed by atoms with Gasteiger partial charge in [-0.15, -0.1) is 0 Å². The van der Waals surface area contributed by atoms with Gasteiger partial charge in [-0.1, -0.05) is 0 Å². The summed E-state index contributed by atoms with van der Waals surface area (Å²) in [6, 6.07) is 1.86. The maximum atomic E-state index is 5.58. The Bertz CT molecular complexity index is 308. The first-order valence-corrected chi connectivity index (χ1v) is 5.71. The van der Waals surface area contributed by atoms with E-state index in [1.54, 1.807) is 19.5 Å². The second-order valence-corrected chi connectivity index (χ2v) is 3.49. The van der Waals surface area contributed by atoms with Crippen LogP contribution in [0.4, 0.5) is 0 Å². The molecule has 0 spiro atoms. The van der Waals surface area contributed by atoms with Gasteiger partial charge in [-0.2, -0.15) is 0 Å². The number of hydrogen-bond acceptors (Lipinski definition) is 5. The first kappa shape index (κ1) is 13.9. The van der Waals surface area contributed by atoms with Crippen LogP contribution in [0.3, 0.4) is 0 Å². The minimum absolute atomic E-state index is 0.451. The van der Waals surface area contributed by atoms with Crippen molar-refractivity contribution >= 4 is 0 Å². The van der Waals surface area contributed by atoms with Gasteiger partial charge in [0.15, 0.2) is 0 Å². The Labute approximate surface area is 102 Å². The Balaban J connectivity index is 2.13. The van der Waals surface area contributed by atoms with Crippen LogP contribution < -0.4 is 10.5 Å². The molecule has 0 aliphatic carbocycles. The molecule has 96 valence electrons. The lowest BCUT2D eigenvalue weighted by molar-refractivity contribution is 0.0803. The van der Waals surface area contributed by atoms with Crippen LogP contribution >= 0.6 is 0 Å². The molecule has 1 aromatic heterocycles. The van der Waals surface area contributed by atoms with Crippen LogP contribution in [0.15, 0.2) is 18.5 Å². The lowest BCUT2D eigenvalue weighted by atomic mass is 10.2. The maximum absolute atomic E-state index is 5.58. The minimum Gasteiger partial charge on any atom is -0.489 e. The lowest BCUT2D eigenvalue weighted by Crippen LogP contribution is -2.10. The molecule has 1 heterocycles. The molecule has 17 heavy (non-hydrogen) atoms. The molecule has 0 aliphatic rings. The molecule has 5 nitrogen and oxygen atoms in total. The van der Waals surface area contributed by atoms with E-state index in [9.17, 15) is 0 Å². The fourth-order valence-corrected chi connectivity index (χ4v) is 1.33. The molecule has 0 radical (unpaired) electrons. The number of aromatic nitrogens is 1. The van der Waals surface area contributed by atoms with Crippen molar-refractivity contribution in [2.24, 2.45) is 5.73 Å². The highest BCUT2D eigenvalue weighted by Gasteiger charge is 2.00. The number of nitrogens with zero attached hydrogens (tertiary/aromatic N) is 1. The summed E-state index contributed by atoms with van der Waals surface area (Å²) in [4.78, 5) is 3.99. The van der Waals surface area contributed by atoms with Crippen LogP contribution in [0.5, 0.6) is 5.75 Å². The Kier molecular flexibility index (Phi) is 7.29. The number of nitrogens with two attached hydrogens (primary N) is 1. The Morgan fingerprint density at radius 3 is 2.88 bits per heavy atom. The summed E-state index contributed by atoms with van der Waals surface area (Å²) in [6.07, 6.45) is 4.28. The van der Waals surface area contributed by atoms with Gasteiger partial charge in [0.25, 0.3) is 0 Å². The third kappa shape index (κ3) is 5.63. The zero-order chi connectivity index (χ0) is 12.3. The van der Waals surface area contributed by atoms with Crippen molar-refractivity contribution in [3.8, 4) is 5.75 Å². The van der Waals surface area contributed by atoms with Gasteiger partial charge in [0.05, 0.1) is 12.8 Å². The van der Waals surface area contributed by atoms with Crippen molar-refractivity contribution in [3.05, 3.63) is 24.0 Å². The van der Waals surface area contributed by atoms with E-state index in [2.05, 4.69) is 4.98 Å². The van der Waals surface area contributed by atoms with E-state index < -0.39 is 0 Å². The topological polar surface area (TPSA) is 66.6 Å². The average molecular weight is 240 g/mol. The number of hydrogen-bond donors (Lipinski definition) is 1. The summed E-state index contributed by atoms with van der Waals surface area (Å²) in [6.45, 7) is 2.93. The molecular formula is C12H20N2O3. The normalized spacial score (nSPS) is 10.5. The highest BCUT2D eigenvalue weighted by molar-refractivity contribution is 5.29. The number of rotatable bonds is 9. The second-order valence-electron chi connectivity index (χ2n) is 3.49. The SMILES string of the molecule is COCCCOCCOc1cnccc1CN. The van der Waals surface area contributed by atoms with Gasteiger partial charge in [-0.3, -0.25) is 4.98 Å². The van der Waals surface area contributed by atoms with Gasteiger partial charge < -0.3 is 19.9 Å². The molecule has 0 saturated carbocycles. The molecule has 0 fully saturated rings. The quantitative estimate of drug-likeness (QED) is 0.651. The minimum atomic E-state index is 0.451. The fourth-order valence-electron chi connectivity index (χ4n) is 1.33. The third-order valence-corrected chi connectivity index (χ3v) is 2.21. The zero-order valence-electron chi connectivity index (χ0n) is 10.2. The molecule has 0 atom stereocenters. The van der Waals surface area contributed by atoms with Crippen LogP contribution in [0.1, 0.15) is 12.0 Å².